The quantitative estimate of drug-likeness (QED) is 0.654. The number of likely N-dealkylation sites (tertiary alicyclic amines) is 1. The van der Waals surface area contributed by atoms with E-state index in [0.717, 1.165) is 38.4 Å². The molecule has 27 heavy (non-hydrogen) atoms. The van der Waals surface area contributed by atoms with Gasteiger partial charge in [0.25, 0.3) is 5.91 Å². The van der Waals surface area contributed by atoms with Crippen LogP contribution in [0.5, 0.6) is 0 Å². The van der Waals surface area contributed by atoms with Crippen molar-refractivity contribution in [1.29, 1.82) is 0 Å². The molecule has 0 bridgehead atoms. The van der Waals surface area contributed by atoms with E-state index in [9.17, 15) is 9.59 Å². The number of rotatable bonds is 9. The molecule has 5 nitrogen and oxygen atoms in total. The van der Waals surface area contributed by atoms with Crippen LogP contribution in [0.15, 0.2) is 30.3 Å². The highest BCUT2D eigenvalue weighted by molar-refractivity contribution is 5.97. The number of hydrogen-bond donors (Lipinski definition) is 2. The van der Waals surface area contributed by atoms with Gasteiger partial charge in [0.2, 0.25) is 5.91 Å². The summed E-state index contributed by atoms with van der Waals surface area (Å²) in [6, 6.07) is 8.56. The molecule has 2 atom stereocenters. The fraction of sp³-hybridized carbons (Fsp3) is 0.636. The summed E-state index contributed by atoms with van der Waals surface area (Å²) in [5.41, 5.74) is 0.581. The summed E-state index contributed by atoms with van der Waals surface area (Å²) in [4.78, 5) is 27.6. The van der Waals surface area contributed by atoms with Crippen molar-refractivity contribution in [2.45, 2.75) is 52.5 Å². The van der Waals surface area contributed by atoms with Crippen LogP contribution in [-0.2, 0) is 4.79 Å². The molecule has 5 heteroatoms. The van der Waals surface area contributed by atoms with Crippen molar-refractivity contribution in [2.24, 2.45) is 11.8 Å². The summed E-state index contributed by atoms with van der Waals surface area (Å²) < 4.78 is 0. The Morgan fingerprint density at radius 2 is 1.85 bits per heavy atom. The number of carbonyl (C=O) groups is 2. The lowest BCUT2D eigenvalue weighted by atomic mass is 9.97. The molecule has 0 radical (unpaired) electrons. The molecule has 1 fully saturated rings. The summed E-state index contributed by atoms with van der Waals surface area (Å²) in [6.07, 6.45) is 4.32. The van der Waals surface area contributed by atoms with Crippen LogP contribution < -0.4 is 10.6 Å². The zero-order chi connectivity index (χ0) is 19.6. The number of hydrogen-bond acceptors (Lipinski definition) is 3. The van der Waals surface area contributed by atoms with Gasteiger partial charge in [0.1, 0.15) is 6.04 Å². The van der Waals surface area contributed by atoms with Crippen molar-refractivity contribution >= 4 is 11.8 Å². The molecule has 1 heterocycles. The van der Waals surface area contributed by atoms with Gasteiger partial charge in [0, 0.05) is 12.1 Å². The van der Waals surface area contributed by atoms with Crippen molar-refractivity contribution in [3.05, 3.63) is 35.9 Å². The maximum atomic E-state index is 12.7. The Balaban J connectivity index is 1.79. The van der Waals surface area contributed by atoms with E-state index in [4.69, 9.17) is 0 Å². The Labute approximate surface area is 163 Å². The molecule has 2 N–H and O–H groups in total. The van der Waals surface area contributed by atoms with Crippen molar-refractivity contribution in [3.8, 4) is 0 Å². The first-order valence-corrected chi connectivity index (χ1v) is 10.4. The molecule has 0 aliphatic carbocycles. The smallest absolute Gasteiger partial charge is 0.251 e. The number of piperidine rings is 1. The molecule has 2 rings (SSSR count). The Bertz CT molecular complexity index is 582. The standard InChI is InChI=1S/C22H35N3O2/c1-4-18(3)20(24-21(26)19-9-6-5-7-10-19)22(27)23-13-8-14-25-15-11-17(2)12-16-25/h5-7,9-10,17-18,20H,4,8,11-16H2,1-3H3,(H,23,27)(H,24,26)/t18-,20+/m1/s1. The van der Waals surface area contributed by atoms with E-state index in [1.54, 1.807) is 12.1 Å². The van der Waals surface area contributed by atoms with E-state index in [1.807, 2.05) is 32.0 Å². The lowest BCUT2D eigenvalue weighted by Crippen LogP contribution is -2.50. The minimum atomic E-state index is -0.501. The fourth-order valence-corrected chi connectivity index (χ4v) is 3.43. The van der Waals surface area contributed by atoms with Crippen LogP contribution in [0.4, 0.5) is 0 Å². The highest BCUT2D eigenvalue weighted by Gasteiger charge is 2.26. The molecular weight excluding hydrogens is 338 g/mol. The van der Waals surface area contributed by atoms with Crippen LogP contribution in [-0.4, -0.2) is 48.9 Å². The number of amides is 2. The summed E-state index contributed by atoms with van der Waals surface area (Å²) in [5, 5.41) is 5.94. The van der Waals surface area contributed by atoms with Crippen molar-refractivity contribution in [1.82, 2.24) is 15.5 Å². The van der Waals surface area contributed by atoms with E-state index < -0.39 is 6.04 Å². The second kappa shape index (κ2) is 11.1. The van der Waals surface area contributed by atoms with E-state index in [2.05, 4.69) is 22.5 Å². The van der Waals surface area contributed by atoms with E-state index in [0.29, 0.717) is 12.1 Å². The Hall–Kier alpha value is -1.88. The molecule has 2 amide bonds. The Kier molecular flexibility index (Phi) is 8.79. The van der Waals surface area contributed by atoms with Gasteiger partial charge in [-0.2, -0.15) is 0 Å². The molecular formula is C22H35N3O2. The third-order valence-corrected chi connectivity index (χ3v) is 5.64. The largest absolute Gasteiger partial charge is 0.354 e. The zero-order valence-corrected chi connectivity index (χ0v) is 17.0. The summed E-state index contributed by atoms with van der Waals surface area (Å²) >= 11 is 0. The molecule has 1 aromatic rings. The van der Waals surface area contributed by atoms with Crippen molar-refractivity contribution in [3.63, 3.8) is 0 Å². The monoisotopic (exact) mass is 373 g/mol. The minimum absolute atomic E-state index is 0.0825. The lowest BCUT2D eigenvalue weighted by molar-refractivity contribution is -0.124. The number of nitrogens with one attached hydrogen (secondary N) is 2. The van der Waals surface area contributed by atoms with Gasteiger partial charge in [-0.25, -0.2) is 0 Å². The van der Waals surface area contributed by atoms with E-state index in [-0.39, 0.29) is 17.7 Å². The van der Waals surface area contributed by atoms with Gasteiger partial charge in [-0.05, 0) is 62.9 Å². The molecule has 1 aliphatic rings. The van der Waals surface area contributed by atoms with Gasteiger partial charge in [-0.1, -0.05) is 45.4 Å². The van der Waals surface area contributed by atoms with Gasteiger partial charge in [-0.3, -0.25) is 9.59 Å². The first kappa shape index (κ1) is 21.4. The molecule has 1 aliphatic heterocycles. The maximum Gasteiger partial charge on any atom is 0.251 e. The van der Waals surface area contributed by atoms with Gasteiger partial charge >= 0.3 is 0 Å². The molecule has 1 saturated heterocycles. The SMILES string of the molecule is CC[C@@H](C)[C@H](NC(=O)c1ccccc1)C(=O)NCCCN1CCC(C)CC1. The number of benzene rings is 1. The van der Waals surface area contributed by atoms with Crippen molar-refractivity contribution in [2.75, 3.05) is 26.2 Å². The van der Waals surface area contributed by atoms with E-state index >= 15 is 0 Å². The topological polar surface area (TPSA) is 61.4 Å². The number of carbonyl (C=O) groups excluding carboxylic acids is 2. The van der Waals surface area contributed by atoms with Gasteiger partial charge in [0.05, 0.1) is 0 Å². The predicted molar refractivity (Wildman–Crippen MR) is 110 cm³/mol. The summed E-state index contributed by atoms with van der Waals surface area (Å²) in [7, 11) is 0. The predicted octanol–water partition coefficient (Wildman–Crippen LogP) is 3.07. The average molecular weight is 374 g/mol. The summed E-state index contributed by atoms with van der Waals surface area (Å²) in [5.74, 6) is 0.645. The highest BCUT2D eigenvalue weighted by atomic mass is 16.2. The second-order valence-electron chi connectivity index (χ2n) is 7.87. The first-order valence-electron chi connectivity index (χ1n) is 10.4. The number of nitrogens with zero attached hydrogens (tertiary/aromatic N) is 1. The first-order chi connectivity index (χ1) is 13.0. The van der Waals surface area contributed by atoms with Crippen LogP contribution >= 0.6 is 0 Å². The minimum Gasteiger partial charge on any atom is -0.354 e. The maximum absolute atomic E-state index is 12.7. The van der Waals surface area contributed by atoms with Crippen LogP contribution in [0, 0.1) is 11.8 Å². The zero-order valence-electron chi connectivity index (χ0n) is 17.0. The molecule has 0 spiro atoms. The summed E-state index contributed by atoms with van der Waals surface area (Å²) in [6.45, 7) is 10.4. The van der Waals surface area contributed by atoms with Gasteiger partial charge < -0.3 is 15.5 Å². The lowest BCUT2D eigenvalue weighted by Gasteiger charge is -2.30. The third-order valence-electron chi connectivity index (χ3n) is 5.64. The van der Waals surface area contributed by atoms with E-state index in [1.165, 1.54) is 12.8 Å². The third kappa shape index (κ3) is 6.98. The Morgan fingerprint density at radius 3 is 2.48 bits per heavy atom. The van der Waals surface area contributed by atoms with Gasteiger partial charge in [0.15, 0.2) is 0 Å². The van der Waals surface area contributed by atoms with Gasteiger partial charge in [-0.15, -0.1) is 0 Å². The molecule has 0 saturated carbocycles. The second-order valence-corrected chi connectivity index (χ2v) is 7.87. The highest BCUT2D eigenvalue weighted by Crippen LogP contribution is 2.15. The Morgan fingerprint density at radius 1 is 1.19 bits per heavy atom. The van der Waals surface area contributed by atoms with Crippen LogP contribution in [0.3, 0.4) is 0 Å². The normalized spacial score (nSPS) is 17.9. The van der Waals surface area contributed by atoms with Crippen molar-refractivity contribution < 1.29 is 9.59 Å². The van der Waals surface area contributed by atoms with Crippen LogP contribution in [0.1, 0.15) is 56.8 Å². The molecule has 150 valence electrons. The van der Waals surface area contributed by atoms with Crippen LogP contribution in [0.2, 0.25) is 0 Å². The fourth-order valence-electron chi connectivity index (χ4n) is 3.43. The van der Waals surface area contributed by atoms with Crippen LogP contribution in [0.25, 0.3) is 0 Å². The molecule has 0 aromatic heterocycles. The molecule has 1 aromatic carbocycles. The molecule has 0 unspecified atom stereocenters. The average Bonchev–Trinajstić information content (AvgIpc) is 2.70.